The molecule has 96 valence electrons. The number of hydrogen-bond acceptors (Lipinski definition) is 2. The van der Waals surface area contributed by atoms with Crippen LogP contribution in [0.4, 0.5) is 4.39 Å². The lowest BCUT2D eigenvalue weighted by Crippen LogP contribution is -2.16. The van der Waals surface area contributed by atoms with Crippen molar-refractivity contribution in [1.29, 1.82) is 0 Å². The van der Waals surface area contributed by atoms with Crippen LogP contribution in [0.3, 0.4) is 0 Å². The van der Waals surface area contributed by atoms with Crippen molar-refractivity contribution in [3.63, 3.8) is 0 Å². The number of nitrogens with zero attached hydrogens (tertiary/aromatic N) is 2. The van der Waals surface area contributed by atoms with Crippen molar-refractivity contribution >= 4 is 0 Å². The Balaban J connectivity index is 2.18. The van der Waals surface area contributed by atoms with E-state index in [0.717, 1.165) is 29.9 Å². The summed E-state index contributed by atoms with van der Waals surface area (Å²) < 4.78 is 15.1. The van der Waals surface area contributed by atoms with Gasteiger partial charge in [-0.05, 0) is 42.8 Å². The molecule has 0 saturated heterocycles. The van der Waals surface area contributed by atoms with Gasteiger partial charge in [0.15, 0.2) is 0 Å². The zero-order chi connectivity index (χ0) is 13.0. The molecular weight excluding hydrogens is 229 g/mol. The molecule has 1 N–H and O–H groups in total. The van der Waals surface area contributed by atoms with Gasteiger partial charge in [0.05, 0.1) is 12.2 Å². The van der Waals surface area contributed by atoms with Crippen molar-refractivity contribution in [2.45, 2.75) is 26.9 Å². The van der Waals surface area contributed by atoms with Crippen LogP contribution in [0.15, 0.2) is 30.5 Å². The van der Waals surface area contributed by atoms with E-state index in [0.29, 0.717) is 6.54 Å². The minimum atomic E-state index is -0.198. The van der Waals surface area contributed by atoms with Crippen LogP contribution in [0.1, 0.15) is 23.7 Å². The summed E-state index contributed by atoms with van der Waals surface area (Å²) in [7, 11) is 0. The maximum Gasteiger partial charge on any atom is 0.123 e. The van der Waals surface area contributed by atoms with Gasteiger partial charge in [0, 0.05) is 12.7 Å². The van der Waals surface area contributed by atoms with E-state index in [2.05, 4.69) is 17.3 Å². The van der Waals surface area contributed by atoms with Gasteiger partial charge in [0.25, 0.3) is 0 Å². The maximum absolute atomic E-state index is 13.2. The van der Waals surface area contributed by atoms with Gasteiger partial charge in [-0.15, -0.1) is 0 Å². The largest absolute Gasteiger partial charge is 0.311 e. The molecule has 0 bridgehead atoms. The number of hydrogen-bond donors (Lipinski definition) is 1. The molecule has 0 saturated carbocycles. The van der Waals surface area contributed by atoms with Crippen LogP contribution in [0.25, 0.3) is 0 Å². The fraction of sp³-hybridized carbons (Fsp3) is 0.357. The normalized spacial score (nSPS) is 10.8. The van der Waals surface area contributed by atoms with Crippen LogP contribution in [0.5, 0.6) is 0 Å². The lowest BCUT2D eigenvalue weighted by molar-refractivity contribution is 0.594. The molecule has 4 heteroatoms. The van der Waals surface area contributed by atoms with Crippen LogP contribution < -0.4 is 5.32 Å². The van der Waals surface area contributed by atoms with Gasteiger partial charge in [0.2, 0.25) is 0 Å². The molecule has 1 aromatic carbocycles. The number of rotatable bonds is 5. The van der Waals surface area contributed by atoms with Crippen molar-refractivity contribution in [3.05, 3.63) is 53.1 Å². The van der Waals surface area contributed by atoms with E-state index in [1.165, 1.54) is 6.07 Å². The topological polar surface area (TPSA) is 29.9 Å². The maximum atomic E-state index is 13.2. The standard InChI is InChI=1S/C14H18FN3/c1-3-16-9-14-6-7-17-18(14)10-12-8-13(15)5-4-11(12)2/h4-8,16H,3,9-10H2,1-2H3. The molecule has 18 heavy (non-hydrogen) atoms. The first kappa shape index (κ1) is 12.8. The van der Waals surface area contributed by atoms with Gasteiger partial charge >= 0.3 is 0 Å². The van der Waals surface area contributed by atoms with Crippen LogP contribution >= 0.6 is 0 Å². The molecule has 0 unspecified atom stereocenters. The number of nitrogens with one attached hydrogen (secondary N) is 1. The molecule has 2 aromatic rings. The Morgan fingerprint density at radius 1 is 1.33 bits per heavy atom. The first-order valence-corrected chi connectivity index (χ1v) is 6.17. The number of aryl methyl sites for hydroxylation is 1. The van der Waals surface area contributed by atoms with E-state index in [9.17, 15) is 4.39 Å². The third-order valence-electron chi connectivity index (χ3n) is 2.99. The second kappa shape index (κ2) is 5.78. The van der Waals surface area contributed by atoms with Crippen molar-refractivity contribution in [2.24, 2.45) is 0 Å². The summed E-state index contributed by atoms with van der Waals surface area (Å²) in [5.74, 6) is -0.198. The van der Waals surface area contributed by atoms with Gasteiger partial charge < -0.3 is 5.32 Å². The van der Waals surface area contributed by atoms with Crippen molar-refractivity contribution in [1.82, 2.24) is 15.1 Å². The summed E-state index contributed by atoms with van der Waals surface area (Å²) in [6.07, 6.45) is 1.78. The second-order valence-electron chi connectivity index (χ2n) is 4.33. The minimum Gasteiger partial charge on any atom is -0.311 e. The molecule has 0 aliphatic rings. The van der Waals surface area contributed by atoms with Gasteiger partial charge in [0.1, 0.15) is 5.82 Å². The van der Waals surface area contributed by atoms with Gasteiger partial charge in [-0.25, -0.2) is 4.39 Å². The SMILES string of the molecule is CCNCc1ccnn1Cc1cc(F)ccc1C. The first-order valence-electron chi connectivity index (χ1n) is 6.17. The van der Waals surface area contributed by atoms with Crippen LogP contribution in [-0.4, -0.2) is 16.3 Å². The Morgan fingerprint density at radius 2 is 2.17 bits per heavy atom. The molecule has 1 aromatic heterocycles. The van der Waals surface area contributed by atoms with Gasteiger partial charge in [-0.2, -0.15) is 5.10 Å². The zero-order valence-corrected chi connectivity index (χ0v) is 10.8. The second-order valence-corrected chi connectivity index (χ2v) is 4.33. The Hall–Kier alpha value is -1.68. The summed E-state index contributed by atoms with van der Waals surface area (Å²) in [6.45, 7) is 6.37. The minimum absolute atomic E-state index is 0.198. The zero-order valence-electron chi connectivity index (χ0n) is 10.8. The fourth-order valence-corrected chi connectivity index (χ4v) is 1.88. The van der Waals surface area contributed by atoms with Crippen molar-refractivity contribution < 1.29 is 4.39 Å². The molecule has 0 fully saturated rings. The number of halogens is 1. The predicted molar refractivity (Wildman–Crippen MR) is 69.8 cm³/mol. The summed E-state index contributed by atoms with van der Waals surface area (Å²) in [4.78, 5) is 0. The monoisotopic (exact) mass is 247 g/mol. The average molecular weight is 247 g/mol. The number of benzene rings is 1. The Kier molecular flexibility index (Phi) is 4.10. The molecule has 1 heterocycles. The molecular formula is C14H18FN3. The summed E-state index contributed by atoms with van der Waals surface area (Å²) >= 11 is 0. The highest BCUT2D eigenvalue weighted by Crippen LogP contribution is 2.12. The summed E-state index contributed by atoms with van der Waals surface area (Å²) in [6, 6.07) is 6.85. The molecule has 0 spiro atoms. The smallest absolute Gasteiger partial charge is 0.123 e. The Labute approximate surface area is 107 Å². The Morgan fingerprint density at radius 3 is 2.94 bits per heavy atom. The van der Waals surface area contributed by atoms with E-state index in [4.69, 9.17) is 0 Å². The quantitative estimate of drug-likeness (QED) is 0.879. The van der Waals surface area contributed by atoms with Crippen molar-refractivity contribution in [2.75, 3.05) is 6.54 Å². The highest BCUT2D eigenvalue weighted by atomic mass is 19.1. The molecule has 0 amide bonds. The average Bonchev–Trinajstić information content (AvgIpc) is 2.79. The first-order chi connectivity index (χ1) is 8.70. The van der Waals surface area contributed by atoms with Gasteiger partial charge in [-0.1, -0.05) is 13.0 Å². The molecule has 0 aliphatic heterocycles. The van der Waals surface area contributed by atoms with E-state index >= 15 is 0 Å². The van der Waals surface area contributed by atoms with Crippen LogP contribution in [-0.2, 0) is 13.1 Å². The predicted octanol–water partition coefficient (Wildman–Crippen LogP) is 2.49. The third-order valence-corrected chi connectivity index (χ3v) is 2.99. The molecule has 0 radical (unpaired) electrons. The van der Waals surface area contributed by atoms with Crippen molar-refractivity contribution in [3.8, 4) is 0 Å². The highest BCUT2D eigenvalue weighted by Gasteiger charge is 2.06. The van der Waals surface area contributed by atoms with E-state index < -0.39 is 0 Å². The molecule has 2 rings (SSSR count). The summed E-state index contributed by atoms with van der Waals surface area (Å²) in [5.41, 5.74) is 3.17. The third kappa shape index (κ3) is 2.96. The lowest BCUT2D eigenvalue weighted by Gasteiger charge is -2.10. The van der Waals surface area contributed by atoms with Crippen LogP contribution in [0.2, 0.25) is 0 Å². The summed E-state index contributed by atoms with van der Waals surface area (Å²) in [5, 5.41) is 7.56. The number of aromatic nitrogens is 2. The van der Waals surface area contributed by atoms with Crippen LogP contribution in [0, 0.1) is 12.7 Å². The van der Waals surface area contributed by atoms with E-state index in [-0.39, 0.29) is 5.82 Å². The molecule has 0 aliphatic carbocycles. The fourth-order valence-electron chi connectivity index (χ4n) is 1.88. The lowest BCUT2D eigenvalue weighted by atomic mass is 10.1. The van der Waals surface area contributed by atoms with E-state index in [1.807, 2.05) is 17.7 Å². The molecule has 0 atom stereocenters. The molecule has 3 nitrogen and oxygen atoms in total. The highest BCUT2D eigenvalue weighted by molar-refractivity contribution is 5.27. The van der Waals surface area contributed by atoms with E-state index in [1.54, 1.807) is 18.3 Å². The Bertz CT molecular complexity index is 520. The van der Waals surface area contributed by atoms with Gasteiger partial charge in [-0.3, -0.25) is 4.68 Å².